The normalized spacial score (nSPS) is 17.9. The first-order valence-corrected chi connectivity index (χ1v) is 9.59. The summed E-state index contributed by atoms with van der Waals surface area (Å²) in [6.07, 6.45) is 4.37. The van der Waals surface area contributed by atoms with E-state index in [1.807, 2.05) is 35.4 Å². The Morgan fingerprint density at radius 2 is 1.86 bits per heavy atom. The number of hydrogen-bond donors (Lipinski definition) is 0. The van der Waals surface area contributed by atoms with Crippen LogP contribution in [0, 0.1) is 18.7 Å². The van der Waals surface area contributed by atoms with Gasteiger partial charge in [0.25, 0.3) is 0 Å². The van der Waals surface area contributed by atoms with Crippen molar-refractivity contribution in [2.45, 2.75) is 32.4 Å². The molecule has 1 fully saturated rings. The quantitative estimate of drug-likeness (QED) is 0.617. The Morgan fingerprint density at radius 3 is 2.57 bits per heavy atom. The molecule has 0 spiro atoms. The highest BCUT2D eigenvalue weighted by molar-refractivity contribution is 5.83. The van der Waals surface area contributed by atoms with Gasteiger partial charge in [-0.05, 0) is 59.7 Å². The molecule has 4 rings (SSSR count). The number of aromatic nitrogens is 1. The lowest BCUT2D eigenvalue weighted by molar-refractivity contribution is -0.134. The van der Waals surface area contributed by atoms with Crippen molar-refractivity contribution in [3.63, 3.8) is 0 Å². The van der Waals surface area contributed by atoms with Gasteiger partial charge < -0.3 is 4.90 Å². The molecule has 0 radical (unpaired) electrons. The van der Waals surface area contributed by atoms with Gasteiger partial charge >= 0.3 is 0 Å². The maximum absolute atomic E-state index is 13.3. The fourth-order valence-electron chi connectivity index (χ4n) is 3.70. The van der Waals surface area contributed by atoms with Crippen LogP contribution in [0.4, 0.5) is 4.39 Å². The highest BCUT2D eigenvalue weighted by atomic mass is 19.1. The van der Waals surface area contributed by atoms with Gasteiger partial charge in [-0.2, -0.15) is 0 Å². The molecule has 1 heterocycles. The van der Waals surface area contributed by atoms with E-state index in [0.717, 1.165) is 23.1 Å². The molecule has 1 aromatic heterocycles. The van der Waals surface area contributed by atoms with Gasteiger partial charge in [0.05, 0.1) is 0 Å². The standard InChI is InChI=1S/C24H23FN2O/c1-17-5-2-3-7-20(17)16-27(15-18-6-4-12-26-14-18)24(28)23-13-22(23)19-8-10-21(25)11-9-19/h2-12,14,22-23H,13,15-16H2,1H3. The summed E-state index contributed by atoms with van der Waals surface area (Å²) in [5, 5.41) is 0. The first-order valence-electron chi connectivity index (χ1n) is 9.59. The van der Waals surface area contributed by atoms with Gasteiger partial charge in [-0.1, -0.05) is 42.5 Å². The van der Waals surface area contributed by atoms with Crippen molar-refractivity contribution in [1.82, 2.24) is 9.88 Å². The molecule has 0 bridgehead atoms. The van der Waals surface area contributed by atoms with Crippen LogP contribution in [0.1, 0.15) is 34.6 Å². The summed E-state index contributed by atoms with van der Waals surface area (Å²) in [6.45, 7) is 3.18. The van der Waals surface area contributed by atoms with Gasteiger partial charge in [-0.15, -0.1) is 0 Å². The van der Waals surface area contributed by atoms with Crippen LogP contribution < -0.4 is 0 Å². The van der Waals surface area contributed by atoms with Gasteiger partial charge in [-0.25, -0.2) is 4.39 Å². The summed E-state index contributed by atoms with van der Waals surface area (Å²) in [7, 11) is 0. The average Bonchev–Trinajstić information content (AvgIpc) is 3.51. The predicted molar refractivity (Wildman–Crippen MR) is 107 cm³/mol. The van der Waals surface area contributed by atoms with Gasteiger partial charge in [0.2, 0.25) is 5.91 Å². The first kappa shape index (κ1) is 18.4. The third-order valence-electron chi connectivity index (χ3n) is 5.44. The van der Waals surface area contributed by atoms with Gasteiger partial charge in [0, 0.05) is 31.4 Å². The Labute approximate surface area is 164 Å². The molecule has 0 saturated heterocycles. The first-order chi connectivity index (χ1) is 13.6. The highest BCUT2D eigenvalue weighted by Crippen LogP contribution is 2.48. The highest BCUT2D eigenvalue weighted by Gasteiger charge is 2.45. The smallest absolute Gasteiger partial charge is 0.226 e. The zero-order valence-corrected chi connectivity index (χ0v) is 15.9. The van der Waals surface area contributed by atoms with Crippen molar-refractivity contribution >= 4 is 5.91 Å². The molecule has 2 unspecified atom stereocenters. The monoisotopic (exact) mass is 374 g/mol. The molecule has 1 aliphatic rings. The number of rotatable bonds is 6. The molecule has 1 saturated carbocycles. The summed E-state index contributed by atoms with van der Waals surface area (Å²) >= 11 is 0. The Balaban J connectivity index is 1.53. The molecular weight excluding hydrogens is 351 g/mol. The van der Waals surface area contributed by atoms with E-state index in [1.54, 1.807) is 18.3 Å². The molecule has 28 heavy (non-hydrogen) atoms. The van der Waals surface area contributed by atoms with Gasteiger partial charge in [0.1, 0.15) is 5.82 Å². The van der Waals surface area contributed by atoms with Crippen molar-refractivity contribution in [3.05, 3.63) is 101 Å². The van der Waals surface area contributed by atoms with Crippen molar-refractivity contribution in [2.24, 2.45) is 5.92 Å². The Hall–Kier alpha value is -3.01. The van der Waals surface area contributed by atoms with E-state index in [2.05, 4.69) is 24.0 Å². The topological polar surface area (TPSA) is 33.2 Å². The largest absolute Gasteiger partial charge is 0.334 e. The van der Waals surface area contributed by atoms with Crippen molar-refractivity contribution in [3.8, 4) is 0 Å². The van der Waals surface area contributed by atoms with E-state index in [-0.39, 0.29) is 23.6 Å². The summed E-state index contributed by atoms with van der Waals surface area (Å²) in [5.74, 6) is 0.0546. The zero-order valence-electron chi connectivity index (χ0n) is 15.9. The maximum Gasteiger partial charge on any atom is 0.226 e. The van der Waals surface area contributed by atoms with Crippen LogP contribution in [0.15, 0.2) is 73.1 Å². The number of amides is 1. The minimum absolute atomic E-state index is 0.0360. The predicted octanol–water partition coefficient (Wildman–Crippen LogP) is 4.86. The molecule has 1 amide bonds. The molecule has 2 aromatic carbocycles. The molecule has 142 valence electrons. The number of benzene rings is 2. The van der Waals surface area contributed by atoms with E-state index in [0.29, 0.717) is 13.1 Å². The SMILES string of the molecule is Cc1ccccc1CN(Cc1cccnc1)C(=O)C1CC1c1ccc(F)cc1. The molecule has 1 aliphatic carbocycles. The Kier molecular flexibility index (Phi) is 5.20. The number of pyridine rings is 1. The van der Waals surface area contributed by atoms with Crippen molar-refractivity contribution in [2.75, 3.05) is 0 Å². The second-order valence-corrected chi connectivity index (χ2v) is 7.48. The molecule has 3 aromatic rings. The lowest BCUT2D eigenvalue weighted by atomic mass is 10.1. The van der Waals surface area contributed by atoms with Crippen LogP contribution in [0.2, 0.25) is 0 Å². The van der Waals surface area contributed by atoms with E-state index >= 15 is 0 Å². The van der Waals surface area contributed by atoms with Crippen LogP contribution in [-0.2, 0) is 17.9 Å². The summed E-state index contributed by atoms with van der Waals surface area (Å²) in [5.41, 5.74) is 4.39. The fourth-order valence-corrected chi connectivity index (χ4v) is 3.70. The molecule has 0 aliphatic heterocycles. The van der Waals surface area contributed by atoms with Crippen molar-refractivity contribution in [1.29, 1.82) is 0 Å². The third kappa shape index (κ3) is 4.11. The Morgan fingerprint density at radius 1 is 1.07 bits per heavy atom. The third-order valence-corrected chi connectivity index (χ3v) is 5.44. The van der Waals surface area contributed by atoms with Crippen LogP contribution in [0.5, 0.6) is 0 Å². The number of carbonyl (C=O) groups is 1. The van der Waals surface area contributed by atoms with Crippen LogP contribution in [0.3, 0.4) is 0 Å². The lowest BCUT2D eigenvalue weighted by Crippen LogP contribution is -2.32. The zero-order chi connectivity index (χ0) is 19.5. The van der Waals surface area contributed by atoms with Gasteiger partial charge in [-0.3, -0.25) is 9.78 Å². The molecule has 0 N–H and O–H groups in total. The second-order valence-electron chi connectivity index (χ2n) is 7.48. The minimum Gasteiger partial charge on any atom is -0.334 e. The summed E-state index contributed by atoms with van der Waals surface area (Å²) < 4.78 is 13.2. The second kappa shape index (κ2) is 7.93. The summed E-state index contributed by atoms with van der Waals surface area (Å²) in [4.78, 5) is 19.4. The average molecular weight is 374 g/mol. The van der Waals surface area contributed by atoms with Crippen LogP contribution >= 0.6 is 0 Å². The van der Waals surface area contributed by atoms with E-state index in [1.165, 1.54) is 17.7 Å². The number of halogens is 1. The maximum atomic E-state index is 13.3. The lowest BCUT2D eigenvalue weighted by Gasteiger charge is -2.24. The Bertz CT molecular complexity index is 956. The van der Waals surface area contributed by atoms with Crippen LogP contribution in [0.25, 0.3) is 0 Å². The summed E-state index contributed by atoms with van der Waals surface area (Å²) in [6, 6.07) is 18.6. The molecule has 3 nitrogen and oxygen atoms in total. The van der Waals surface area contributed by atoms with E-state index in [4.69, 9.17) is 0 Å². The number of hydrogen-bond acceptors (Lipinski definition) is 2. The minimum atomic E-state index is -0.245. The molecule has 4 heteroatoms. The number of aryl methyl sites for hydroxylation is 1. The van der Waals surface area contributed by atoms with Crippen molar-refractivity contribution < 1.29 is 9.18 Å². The van der Waals surface area contributed by atoms with Gasteiger partial charge in [0.15, 0.2) is 0 Å². The number of carbonyl (C=O) groups excluding carboxylic acids is 1. The molecular formula is C24H23FN2O. The van der Waals surface area contributed by atoms with E-state index in [9.17, 15) is 9.18 Å². The van der Waals surface area contributed by atoms with Crippen LogP contribution in [-0.4, -0.2) is 15.8 Å². The van der Waals surface area contributed by atoms with E-state index < -0.39 is 0 Å². The molecule has 2 atom stereocenters. The fraction of sp³-hybridized carbons (Fsp3) is 0.250. The number of nitrogens with zero attached hydrogens (tertiary/aromatic N) is 2.